The van der Waals surface area contributed by atoms with E-state index in [-0.39, 0.29) is 0 Å². The van der Waals surface area contributed by atoms with Crippen LogP contribution in [0.15, 0.2) is 229 Å². The number of fused-ring (bicyclic) bond motifs is 9. The lowest BCUT2D eigenvalue weighted by Crippen LogP contribution is -2.11. The van der Waals surface area contributed by atoms with Crippen molar-refractivity contribution in [2.75, 3.05) is 4.90 Å². The Labute approximate surface area is 347 Å². The second-order valence-electron chi connectivity index (χ2n) is 15.6. The van der Waals surface area contributed by atoms with Gasteiger partial charge in [-0.2, -0.15) is 0 Å². The van der Waals surface area contributed by atoms with Gasteiger partial charge in [0.15, 0.2) is 0 Å². The Hall–Kier alpha value is -7.94. The van der Waals surface area contributed by atoms with Gasteiger partial charge in [0, 0.05) is 21.8 Å². The van der Waals surface area contributed by atoms with Gasteiger partial charge in [0.25, 0.3) is 0 Å². The van der Waals surface area contributed by atoms with Crippen LogP contribution in [0, 0.1) is 0 Å². The maximum atomic E-state index is 6.79. The molecule has 2 heteroatoms. The Bertz CT molecular complexity index is 3620. The van der Waals surface area contributed by atoms with Crippen LogP contribution in [-0.2, 0) is 0 Å². The molecular formula is C58H37NO. The quantitative estimate of drug-likeness (QED) is 0.157. The number of furan rings is 1. The molecule has 0 amide bonds. The van der Waals surface area contributed by atoms with Crippen LogP contribution in [0.5, 0.6) is 0 Å². The molecule has 0 saturated heterocycles. The molecule has 0 fully saturated rings. The van der Waals surface area contributed by atoms with E-state index in [0.717, 1.165) is 55.3 Å². The minimum atomic E-state index is 0.860. The Morgan fingerprint density at radius 2 is 0.933 bits per heavy atom. The van der Waals surface area contributed by atoms with E-state index in [2.05, 4.69) is 229 Å². The molecule has 0 aliphatic heterocycles. The van der Waals surface area contributed by atoms with E-state index in [1.54, 1.807) is 0 Å². The molecule has 11 aromatic carbocycles. The lowest BCUT2D eigenvalue weighted by atomic mass is 9.89. The summed E-state index contributed by atoms with van der Waals surface area (Å²) in [6.45, 7) is 0. The molecule has 0 atom stereocenters. The van der Waals surface area contributed by atoms with Crippen molar-refractivity contribution in [2.45, 2.75) is 0 Å². The van der Waals surface area contributed by atoms with Crippen LogP contribution in [0.4, 0.5) is 17.1 Å². The predicted octanol–water partition coefficient (Wildman–Crippen LogP) is 16.7. The second kappa shape index (κ2) is 13.9. The molecule has 12 rings (SSSR count). The highest BCUT2D eigenvalue weighted by Gasteiger charge is 2.23. The summed E-state index contributed by atoms with van der Waals surface area (Å²) in [6, 6.07) is 81.3. The molecule has 0 aliphatic carbocycles. The first kappa shape index (κ1) is 34.1. The monoisotopic (exact) mass is 763 g/mol. The number of benzene rings is 11. The van der Waals surface area contributed by atoms with Crippen molar-refractivity contribution >= 4 is 82.1 Å². The van der Waals surface area contributed by atoms with Gasteiger partial charge in [-0.3, -0.25) is 0 Å². The average molecular weight is 764 g/mol. The third-order valence-corrected chi connectivity index (χ3v) is 12.2. The zero-order chi connectivity index (χ0) is 39.6. The zero-order valence-electron chi connectivity index (χ0n) is 32.7. The third-order valence-electron chi connectivity index (χ3n) is 12.2. The van der Waals surface area contributed by atoms with Crippen LogP contribution in [0.3, 0.4) is 0 Å². The van der Waals surface area contributed by atoms with E-state index >= 15 is 0 Å². The zero-order valence-corrected chi connectivity index (χ0v) is 32.7. The number of nitrogens with zero attached hydrogens (tertiary/aromatic N) is 1. The van der Waals surface area contributed by atoms with Crippen LogP contribution < -0.4 is 4.90 Å². The van der Waals surface area contributed by atoms with Gasteiger partial charge in [-0.1, -0.05) is 182 Å². The van der Waals surface area contributed by atoms with Crippen LogP contribution in [-0.4, -0.2) is 0 Å². The largest absolute Gasteiger partial charge is 0.455 e. The molecule has 0 aliphatic rings. The number of hydrogen-bond acceptors (Lipinski definition) is 2. The molecule has 2 nitrogen and oxygen atoms in total. The first-order valence-corrected chi connectivity index (χ1v) is 20.6. The number of anilines is 3. The fourth-order valence-electron chi connectivity index (χ4n) is 9.54. The smallest absolute Gasteiger partial charge is 0.143 e. The molecule has 0 saturated carbocycles. The average Bonchev–Trinajstić information content (AvgIpc) is 3.72. The van der Waals surface area contributed by atoms with Crippen LogP contribution in [0.1, 0.15) is 0 Å². The SMILES string of the molecule is c1ccc(-c2ccc(N(c3cccc(-c4ccccc4-c4cc5ccccc5c5ccccc45)c3)c3cccc4oc5c6ccccc6ccc5c34)c3ccccc23)cc1. The van der Waals surface area contributed by atoms with Crippen molar-refractivity contribution < 1.29 is 4.42 Å². The second-order valence-corrected chi connectivity index (χ2v) is 15.6. The van der Waals surface area contributed by atoms with Gasteiger partial charge in [0.1, 0.15) is 11.2 Å². The van der Waals surface area contributed by atoms with Gasteiger partial charge >= 0.3 is 0 Å². The predicted molar refractivity (Wildman–Crippen MR) is 255 cm³/mol. The molecule has 1 heterocycles. The molecule has 12 aromatic rings. The highest BCUT2D eigenvalue weighted by Crippen LogP contribution is 2.48. The molecule has 1 aromatic heterocycles. The van der Waals surface area contributed by atoms with Gasteiger partial charge in [-0.25, -0.2) is 0 Å². The van der Waals surface area contributed by atoms with Crippen molar-refractivity contribution in [3.05, 3.63) is 224 Å². The molecule has 0 radical (unpaired) electrons. The van der Waals surface area contributed by atoms with Crippen molar-refractivity contribution in [1.29, 1.82) is 0 Å². The van der Waals surface area contributed by atoms with Crippen LogP contribution in [0.25, 0.3) is 98.4 Å². The van der Waals surface area contributed by atoms with E-state index < -0.39 is 0 Å². The molecule has 0 bridgehead atoms. The normalized spacial score (nSPS) is 11.7. The molecule has 0 unspecified atom stereocenters. The Morgan fingerprint density at radius 1 is 0.300 bits per heavy atom. The van der Waals surface area contributed by atoms with Crippen molar-refractivity contribution in [2.24, 2.45) is 0 Å². The minimum Gasteiger partial charge on any atom is -0.455 e. The van der Waals surface area contributed by atoms with Gasteiger partial charge in [0.05, 0.1) is 16.8 Å². The van der Waals surface area contributed by atoms with Crippen LogP contribution in [0.2, 0.25) is 0 Å². The van der Waals surface area contributed by atoms with E-state index in [1.165, 1.54) is 60.1 Å². The minimum absolute atomic E-state index is 0.860. The topological polar surface area (TPSA) is 16.4 Å². The lowest BCUT2D eigenvalue weighted by molar-refractivity contribution is 0.672. The molecule has 0 N–H and O–H groups in total. The summed E-state index contributed by atoms with van der Waals surface area (Å²) in [4.78, 5) is 2.45. The first-order valence-electron chi connectivity index (χ1n) is 20.6. The fraction of sp³-hybridized carbons (Fsp3) is 0. The molecule has 60 heavy (non-hydrogen) atoms. The summed E-state index contributed by atoms with van der Waals surface area (Å²) < 4.78 is 6.79. The number of hydrogen-bond donors (Lipinski definition) is 0. The number of rotatable bonds is 6. The standard InChI is InChI=1S/C58H37NO/c1-2-16-38(17-3-1)45-34-35-54(51-29-13-12-26-48(45)51)59(55-30-15-31-56-57(55)52-33-32-39-18-4-7-24-46(39)58(52)60-56)42-21-14-20-40(36-42)43-23-8-9-27-49(43)53-37-41-19-5-6-22-44(41)47-25-10-11-28-50(47)53/h1-37H. The summed E-state index contributed by atoms with van der Waals surface area (Å²) in [5, 5.41) is 11.8. The Kier molecular flexibility index (Phi) is 7.89. The van der Waals surface area contributed by atoms with Gasteiger partial charge < -0.3 is 9.32 Å². The van der Waals surface area contributed by atoms with E-state index in [9.17, 15) is 0 Å². The van der Waals surface area contributed by atoms with Crippen molar-refractivity contribution in [1.82, 2.24) is 0 Å². The van der Waals surface area contributed by atoms with Crippen molar-refractivity contribution in [3.63, 3.8) is 0 Å². The maximum Gasteiger partial charge on any atom is 0.143 e. The first-order chi connectivity index (χ1) is 29.8. The fourth-order valence-corrected chi connectivity index (χ4v) is 9.54. The van der Waals surface area contributed by atoms with E-state index in [0.29, 0.717) is 0 Å². The summed E-state index contributed by atoms with van der Waals surface area (Å²) in [7, 11) is 0. The molecule has 0 spiro atoms. The van der Waals surface area contributed by atoms with E-state index in [4.69, 9.17) is 4.42 Å². The highest BCUT2D eigenvalue weighted by atomic mass is 16.3. The Balaban J connectivity index is 1.12. The van der Waals surface area contributed by atoms with Gasteiger partial charge in [0.2, 0.25) is 0 Å². The van der Waals surface area contributed by atoms with Gasteiger partial charge in [-0.05, 0) is 108 Å². The van der Waals surface area contributed by atoms with Crippen molar-refractivity contribution in [3.8, 4) is 33.4 Å². The molecule has 280 valence electrons. The van der Waals surface area contributed by atoms with Gasteiger partial charge in [-0.15, -0.1) is 0 Å². The summed E-state index contributed by atoms with van der Waals surface area (Å²) in [6.07, 6.45) is 0. The lowest BCUT2D eigenvalue weighted by Gasteiger charge is -2.28. The summed E-state index contributed by atoms with van der Waals surface area (Å²) in [5.74, 6) is 0. The highest BCUT2D eigenvalue weighted by molar-refractivity contribution is 6.21. The van der Waals surface area contributed by atoms with E-state index in [1.807, 2.05) is 0 Å². The maximum absolute atomic E-state index is 6.79. The molecular weight excluding hydrogens is 727 g/mol. The third kappa shape index (κ3) is 5.42. The summed E-state index contributed by atoms with van der Waals surface area (Å²) in [5.41, 5.74) is 12.1. The van der Waals surface area contributed by atoms with Crippen LogP contribution >= 0.6 is 0 Å². The Morgan fingerprint density at radius 3 is 1.77 bits per heavy atom. The summed E-state index contributed by atoms with van der Waals surface area (Å²) >= 11 is 0.